The van der Waals surface area contributed by atoms with Crippen molar-refractivity contribution in [2.24, 2.45) is 0 Å². The number of hydrogen-bond donors (Lipinski definition) is 0. The van der Waals surface area contributed by atoms with Crippen molar-refractivity contribution >= 4 is 11.8 Å². The average Bonchev–Trinajstić information content (AvgIpc) is 3.10. The molecule has 1 heterocycles. The first-order valence-electron chi connectivity index (χ1n) is 10.3. The predicted molar refractivity (Wildman–Crippen MR) is 125 cm³/mol. The number of rotatable bonds is 8. The molecule has 0 amide bonds. The van der Waals surface area contributed by atoms with Gasteiger partial charge in [0.15, 0.2) is 17.1 Å². The van der Waals surface area contributed by atoms with Crippen molar-refractivity contribution in [3.63, 3.8) is 0 Å². The summed E-state index contributed by atoms with van der Waals surface area (Å²) in [5.41, 5.74) is 4.00. The van der Waals surface area contributed by atoms with Crippen molar-refractivity contribution in [3.05, 3.63) is 83.7 Å². The minimum atomic E-state index is -0.217. The van der Waals surface area contributed by atoms with Crippen LogP contribution in [0.2, 0.25) is 0 Å². The zero-order valence-corrected chi connectivity index (χ0v) is 19.4. The molecule has 0 fully saturated rings. The number of aryl methyl sites for hydroxylation is 1. The molecule has 0 bridgehead atoms. The molecule has 0 spiro atoms. The summed E-state index contributed by atoms with van der Waals surface area (Å²) in [5, 5.41) is 9.76. The summed E-state index contributed by atoms with van der Waals surface area (Å²) in [4.78, 5) is 0. The van der Waals surface area contributed by atoms with E-state index in [1.807, 2.05) is 25.1 Å². The van der Waals surface area contributed by atoms with Gasteiger partial charge in [-0.3, -0.25) is 4.57 Å². The zero-order valence-electron chi connectivity index (χ0n) is 18.6. The SMILES string of the molecule is C=CCn1c(SCc2ccccc2C)nnc1C(C)Oc1ccc(C(C)(C)C)cc1. The first-order valence-corrected chi connectivity index (χ1v) is 11.3. The molecule has 1 unspecified atom stereocenters. The summed E-state index contributed by atoms with van der Waals surface area (Å²) in [7, 11) is 0. The fraction of sp³-hybridized carbons (Fsp3) is 0.360. The molecule has 4 nitrogen and oxygen atoms in total. The number of nitrogens with zero attached hydrogens (tertiary/aromatic N) is 3. The van der Waals surface area contributed by atoms with Gasteiger partial charge < -0.3 is 4.74 Å². The normalized spacial score (nSPS) is 12.6. The van der Waals surface area contributed by atoms with Crippen molar-refractivity contribution in [2.45, 2.75) is 63.6 Å². The highest BCUT2D eigenvalue weighted by Crippen LogP contribution is 2.29. The predicted octanol–water partition coefficient (Wildman–Crippen LogP) is 6.50. The van der Waals surface area contributed by atoms with Crippen LogP contribution in [0.3, 0.4) is 0 Å². The molecule has 2 aromatic carbocycles. The molecule has 0 aliphatic rings. The van der Waals surface area contributed by atoms with E-state index in [9.17, 15) is 0 Å². The lowest BCUT2D eigenvalue weighted by Gasteiger charge is -2.20. The van der Waals surface area contributed by atoms with Crippen molar-refractivity contribution in [3.8, 4) is 5.75 Å². The molecule has 5 heteroatoms. The maximum Gasteiger partial charge on any atom is 0.191 e. The van der Waals surface area contributed by atoms with Crippen LogP contribution in [0.5, 0.6) is 5.75 Å². The van der Waals surface area contributed by atoms with Crippen LogP contribution in [-0.2, 0) is 17.7 Å². The highest BCUT2D eigenvalue weighted by Gasteiger charge is 2.20. The molecule has 30 heavy (non-hydrogen) atoms. The van der Waals surface area contributed by atoms with Gasteiger partial charge >= 0.3 is 0 Å². The van der Waals surface area contributed by atoms with E-state index in [0.717, 1.165) is 22.5 Å². The monoisotopic (exact) mass is 421 g/mol. The summed E-state index contributed by atoms with van der Waals surface area (Å²) in [6.45, 7) is 15.3. The first kappa shape index (κ1) is 22.2. The second-order valence-electron chi connectivity index (χ2n) is 8.49. The molecule has 0 saturated heterocycles. The zero-order chi connectivity index (χ0) is 21.7. The molecular weight excluding hydrogens is 390 g/mol. The van der Waals surface area contributed by atoms with Crippen LogP contribution in [0.1, 0.15) is 56.3 Å². The van der Waals surface area contributed by atoms with Gasteiger partial charge in [-0.2, -0.15) is 0 Å². The van der Waals surface area contributed by atoms with Gasteiger partial charge in [0.05, 0.1) is 0 Å². The summed E-state index contributed by atoms with van der Waals surface area (Å²) in [5.74, 6) is 2.49. The number of thioether (sulfide) groups is 1. The quantitative estimate of drug-likeness (QED) is 0.307. The van der Waals surface area contributed by atoms with Crippen LogP contribution < -0.4 is 4.74 Å². The van der Waals surface area contributed by atoms with Gasteiger partial charge in [-0.25, -0.2) is 0 Å². The van der Waals surface area contributed by atoms with E-state index in [0.29, 0.717) is 6.54 Å². The lowest BCUT2D eigenvalue weighted by atomic mass is 9.87. The molecule has 0 aliphatic heterocycles. The Morgan fingerprint density at radius 2 is 1.80 bits per heavy atom. The van der Waals surface area contributed by atoms with Gasteiger partial charge in [-0.1, -0.05) is 75.0 Å². The summed E-state index contributed by atoms with van der Waals surface area (Å²) >= 11 is 1.69. The highest BCUT2D eigenvalue weighted by atomic mass is 32.2. The number of aromatic nitrogens is 3. The van der Waals surface area contributed by atoms with Crippen LogP contribution in [0.15, 0.2) is 66.3 Å². The summed E-state index contributed by atoms with van der Waals surface area (Å²) < 4.78 is 8.27. The van der Waals surface area contributed by atoms with E-state index in [-0.39, 0.29) is 11.5 Å². The van der Waals surface area contributed by atoms with Gasteiger partial charge in [-0.05, 0) is 48.1 Å². The Hall–Kier alpha value is -2.53. The Morgan fingerprint density at radius 3 is 2.43 bits per heavy atom. The van der Waals surface area contributed by atoms with E-state index < -0.39 is 0 Å². The Kier molecular flexibility index (Phi) is 7.03. The van der Waals surface area contributed by atoms with Gasteiger partial charge in [0, 0.05) is 12.3 Å². The van der Waals surface area contributed by atoms with E-state index in [2.05, 4.69) is 85.4 Å². The lowest BCUT2D eigenvalue weighted by Crippen LogP contribution is -2.13. The van der Waals surface area contributed by atoms with E-state index >= 15 is 0 Å². The second-order valence-corrected chi connectivity index (χ2v) is 9.43. The Balaban J connectivity index is 1.75. The lowest BCUT2D eigenvalue weighted by molar-refractivity contribution is 0.210. The summed E-state index contributed by atoms with van der Waals surface area (Å²) in [6.07, 6.45) is 1.65. The average molecular weight is 422 g/mol. The second kappa shape index (κ2) is 9.52. The molecule has 0 aliphatic carbocycles. The maximum absolute atomic E-state index is 6.18. The van der Waals surface area contributed by atoms with Crippen molar-refractivity contribution in [1.82, 2.24) is 14.8 Å². The maximum atomic E-state index is 6.18. The van der Waals surface area contributed by atoms with Crippen molar-refractivity contribution in [1.29, 1.82) is 0 Å². The summed E-state index contributed by atoms with van der Waals surface area (Å²) in [6, 6.07) is 16.7. The fourth-order valence-corrected chi connectivity index (χ4v) is 4.24. The third kappa shape index (κ3) is 5.33. The van der Waals surface area contributed by atoms with E-state index in [4.69, 9.17) is 4.74 Å². The molecule has 0 radical (unpaired) electrons. The van der Waals surface area contributed by atoms with Crippen molar-refractivity contribution in [2.75, 3.05) is 0 Å². The molecular formula is C25H31N3OS. The molecule has 1 aromatic heterocycles. The largest absolute Gasteiger partial charge is 0.483 e. The Bertz CT molecular complexity index is 986. The Morgan fingerprint density at radius 1 is 1.10 bits per heavy atom. The smallest absolute Gasteiger partial charge is 0.191 e. The number of allylic oxidation sites excluding steroid dienone is 1. The molecule has 3 rings (SSSR count). The first-order chi connectivity index (χ1) is 14.3. The standard InChI is InChI=1S/C25H31N3OS/c1-7-16-28-23(19(3)29-22-14-12-21(13-15-22)25(4,5)6)26-27-24(28)30-17-20-11-9-8-10-18(20)2/h7-15,19H,1,16-17H2,2-6H3. The number of ether oxygens (including phenoxy) is 1. The Labute approximate surface area is 184 Å². The molecule has 1 atom stereocenters. The number of hydrogen-bond acceptors (Lipinski definition) is 4. The van der Waals surface area contributed by atoms with Crippen LogP contribution in [0.4, 0.5) is 0 Å². The van der Waals surface area contributed by atoms with Gasteiger partial charge in [0.1, 0.15) is 5.75 Å². The van der Waals surface area contributed by atoms with Crippen LogP contribution in [0.25, 0.3) is 0 Å². The molecule has 0 saturated carbocycles. The minimum absolute atomic E-state index is 0.123. The van der Waals surface area contributed by atoms with Gasteiger partial charge in [0.2, 0.25) is 0 Å². The third-order valence-electron chi connectivity index (χ3n) is 5.07. The van der Waals surface area contributed by atoms with E-state index in [1.165, 1.54) is 16.7 Å². The van der Waals surface area contributed by atoms with Crippen LogP contribution in [-0.4, -0.2) is 14.8 Å². The fourth-order valence-electron chi connectivity index (χ4n) is 3.21. The highest BCUT2D eigenvalue weighted by molar-refractivity contribution is 7.98. The number of benzene rings is 2. The molecule has 158 valence electrons. The van der Waals surface area contributed by atoms with Crippen LogP contribution >= 0.6 is 11.8 Å². The molecule has 0 N–H and O–H groups in total. The third-order valence-corrected chi connectivity index (χ3v) is 6.09. The molecule has 3 aromatic rings. The topological polar surface area (TPSA) is 39.9 Å². The van der Waals surface area contributed by atoms with E-state index in [1.54, 1.807) is 11.8 Å². The van der Waals surface area contributed by atoms with Crippen molar-refractivity contribution < 1.29 is 4.74 Å². The van der Waals surface area contributed by atoms with Crippen LogP contribution in [0, 0.1) is 6.92 Å². The van der Waals surface area contributed by atoms with Gasteiger partial charge in [-0.15, -0.1) is 16.8 Å². The minimum Gasteiger partial charge on any atom is -0.483 e. The van der Waals surface area contributed by atoms with Gasteiger partial charge in [0.25, 0.3) is 0 Å².